The summed E-state index contributed by atoms with van der Waals surface area (Å²) in [5.74, 6) is 1.04. The van der Waals surface area contributed by atoms with Crippen LogP contribution in [0.3, 0.4) is 0 Å². The highest BCUT2D eigenvalue weighted by Crippen LogP contribution is 2.27. The van der Waals surface area contributed by atoms with E-state index in [1.807, 2.05) is 31.3 Å². The van der Waals surface area contributed by atoms with E-state index in [-0.39, 0.29) is 5.82 Å². The van der Waals surface area contributed by atoms with Crippen molar-refractivity contribution in [2.75, 3.05) is 7.05 Å². The molecule has 1 unspecified atom stereocenters. The van der Waals surface area contributed by atoms with E-state index in [1.54, 1.807) is 12.1 Å². The molecule has 0 spiro atoms. The normalized spacial score (nSPS) is 12.2. The highest BCUT2D eigenvalue weighted by atomic mass is 79.9. The summed E-state index contributed by atoms with van der Waals surface area (Å²) in [5, 5.41) is 3.26. The molecule has 106 valence electrons. The molecule has 0 aliphatic heterocycles. The fraction of sp³-hybridized carbons (Fsp3) is 0.250. The Bertz CT molecular complexity index is 567. The first-order valence-electron chi connectivity index (χ1n) is 6.54. The van der Waals surface area contributed by atoms with Gasteiger partial charge in [-0.25, -0.2) is 4.39 Å². The molecule has 0 aromatic heterocycles. The van der Waals surface area contributed by atoms with Crippen molar-refractivity contribution in [1.82, 2.24) is 5.32 Å². The van der Waals surface area contributed by atoms with Crippen LogP contribution in [0, 0.1) is 5.82 Å². The number of benzene rings is 2. The summed E-state index contributed by atoms with van der Waals surface area (Å²) < 4.78 is 19.2. The molecule has 1 atom stereocenters. The number of rotatable bonds is 5. The van der Waals surface area contributed by atoms with Crippen LogP contribution in [0.15, 0.2) is 46.9 Å². The fourth-order valence-corrected chi connectivity index (χ4v) is 2.41. The molecule has 0 radical (unpaired) electrons. The van der Waals surface area contributed by atoms with Gasteiger partial charge in [-0.3, -0.25) is 0 Å². The van der Waals surface area contributed by atoms with Gasteiger partial charge in [0.2, 0.25) is 0 Å². The standard InChI is InChI=1S/C16H17BrFNO/c1-3-16(19-2)11-4-6-12(7-5-11)20-13-8-9-15(18)14(17)10-13/h4-10,16,19H,3H2,1-2H3. The molecular formula is C16H17BrFNO. The molecule has 0 heterocycles. The Morgan fingerprint density at radius 2 is 1.80 bits per heavy atom. The Kier molecular flexibility index (Phi) is 5.15. The molecule has 0 saturated carbocycles. The van der Waals surface area contributed by atoms with E-state index in [4.69, 9.17) is 4.74 Å². The van der Waals surface area contributed by atoms with Crippen molar-refractivity contribution in [2.45, 2.75) is 19.4 Å². The molecular weight excluding hydrogens is 321 g/mol. The van der Waals surface area contributed by atoms with Gasteiger partial charge in [0.1, 0.15) is 17.3 Å². The zero-order valence-electron chi connectivity index (χ0n) is 11.5. The summed E-state index contributed by atoms with van der Waals surface area (Å²) in [6.07, 6.45) is 1.03. The molecule has 1 N–H and O–H groups in total. The van der Waals surface area contributed by atoms with Crippen molar-refractivity contribution in [3.63, 3.8) is 0 Å². The summed E-state index contributed by atoms with van der Waals surface area (Å²) in [5.41, 5.74) is 1.22. The minimum atomic E-state index is -0.299. The smallest absolute Gasteiger partial charge is 0.137 e. The third kappa shape index (κ3) is 3.58. The second kappa shape index (κ2) is 6.86. The first kappa shape index (κ1) is 15.0. The molecule has 0 saturated heterocycles. The third-order valence-electron chi connectivity index (χ3n) is 3.17. The summed E-state index contributed by atoms with van der Waals surface area (Å²) >= 11 is 3.15. The Labute approximate surface area is 127 Å². The highest BCUT2D eigenvalue weighted by molar-refractivity contribution is 9.10. The van der Waals surface area contributed by atoms with Crippen molar-refractivity contribution in [1.29, 1.82) is 0 Å². The first-order valence-corrected chi connectivity index (χ1v) is 7.33. The molecule has 2 aromatic rings. The SMILES string of the molecule is CCC(NC)c1ccc(Oc2ccc(F)c(Br)c2)cc1. The summed E-state index contributed by atoms with van der Waals surface area (Å²) in [6.45, 7) is 2.14. The van der Waals surface area contributed by atoms with Gasteiger partial charge in [-0.15, -0.1) is 0 Å². The van der Waals surface area contributed by atoms with Crippen LogP contribution in [0.1, 0.15) is 24.9 Å². The number of hydrogen-bond donors (Lipinski definition) is 1. The predicted molar refractivity (Wildman–Crippen MR) is 82.7 cm³/mol. The van der Waals surface area contributed by atoms with E-state index in [0.717, 1.165) is 12.2 Å². The quantitative estimate of drug-likeness (QED) is 0.824. The zero-order chi connectivity index (χ0) is 14.5. The lowest BCUT2D eigenvalue weighted by Gasteiger charge is -2.14. The molecule has 0 aliphatic carbocycles. The second-order valence-electron chi connectivity index (χ2n) is 4.50. The number of halogens is 2. The van der Waals surface area contributed by atoms with Gasteiger partial charge in [0, 0.05) is 6.04 Å². The average Bonchev–Trinajstić information content (AvgIpc) is 2.46. The van der Waals surface area contributed by atoms with Crippen LogP contribution >= 0.6 is 15.9 Å². The largest absolute Gasteiger partial charge is 0.457 e. The Morgan fingerprint density at radius 3 is 2.35 bits per heavy atom. The van der Waals surface area contributed by atoms with Crippen molar-refractivity contribution < 1.29 is 9.13 Å². The van der Waals surface area contributed by atoms with Gasteiger partial charge in [-0.05, 0) is 65.3 Å². The Balaban J connectivity index is 2.12. The van der Waals surface area contributed by atoms with Crippen LogP contribution in [0.2, 0.25) is 0 Å². The van der Waals surface area contributed by atoms with E-state index in [2.05, 4.69) is 28.2 Å². The molecule has 2 aromatic carbocycles. The Morgan fingerprint density at radius 1 is 1.15 bits per heavy atom. The lowest BCUT2D eigenvalue weighted by atomic mass is 10.0. The molecule has 0 aliphatic rings. The van der Waals surface area contributed by atoms with Crippen molar-refractivity contribution >= 4 is 15.9 Å². The molecule has 20 heavy (non-hydrogen) atoms. The van der Waals surface area contributed by atoms with Gasteiger partial charge in [0.15, 0.2) is 0 Å². The lowest BCUT2D eigenvalue weighted by molar-refractivity contribution is 0.479. The number of hydrogen-bond acceptors (Lipinski definition) is 2. The van der Waals surface area contributed by atoms with Crippen molar-refractivity contribution in [3.8, 4) is 11.5 Å². The minimum Gasteiger partial charge on any atom is -0.457 e. The van der Waals surface area contributed by atoms with Gasteiger partial charge in [0.05, 0.1) is 4.47 Å². The average molecular weight is 338 g/mol. The molecule has 0 fully saturated rings. The van der Waals surface area contributed by atoms with Gasteiger partial charge in [-0.1, -0.05) is 19.1 Å². The van der Waals surface area contributed by atoms with Crippen molar-refractivity contribution in [3.05, 3.63) is 58.3 Å². The van der Waals surface area contributed by atoms with Gasteiger partial charge in [-0.2, -0.15) is 0 Å². The van der Waals surface area contributed by atoms with E-state index >= 15 is 0 Å². The summed E-state index contributed by atoms with van der Waals surface area (Å²) in [7, 11) is 1.95. The van der Waals surface area contributed by atoms with Crippen LogP contribution < -0.4 is 10.1 Å². The maximum absolute atomic E-state index is 13.1. The minimum absolute atomic E-state index is 0.299. The molecule has 0 amide bonds. The maximum atomic E-state index is 13.1. The predicted octanol–water partition coefficient (Wildman–Crippen LogP) is 5.05. The molecule has 2 rings (SSSR count). The zero-order valence-corrected chi connectivity index (χ0v) is 13.1. The van der Waals surface area contributed by atoms with E-state index in [9.17, 15) is 4.39 Å². The first-order chi connectivity index (χ1) is 9.63. The number of nitrogens with one attached hydrogen (secondary N) is 1. The van der Waals surface area contributed by atoms with Gasteiger partial charge in [0.25, 0.3) is 0 Å². The second-order valence-corrected chi connectivity index (χ2v) is 5.35. The van der Waals surface area contributed by atoms with E-state index in [0.29, 0.717) is 16.3 Å². The lowest BCUT2D eigenvalue weighted by Crippen LogP contribution is -2.14. The van der Waals surface area contributed by atoms with Gasteiger partial charge >= 0.3 is 0 Å². The Hall–Kier alpha value is -1.39. The topological polar surface area (TPSA) is 21.3 Å². The van der Waals surface area contributed by atoms with Crippen LogP contribution in [-0.2, 0) is 0 Å². The van der Waals surface area contributed by atoms with Crippen molar-refractivity contribution in [2.24, 2.45) is 0 Å². The van der Waals surface area contributed by atoms with E-state index < -0.39 is 0 Å². The maximum Gasteiger partial charge on any atom is 0.137 e. The molecule has 4 heteroatoms. The number of ether oxygens (including phenoxy) is 1. The van der Waals surface area contributed by atoms with Crippen LogP contribution in [0.4, 0.5) is 4.39 Å². The highest BCUT2D eigenvalue weighted by Gasteiger charge is 2.07. The van der Waals surface area contributed by atoms with Gasteiger partial charge < -0.3 is 10.1 Å². The fourth-order valence-electron chi connectivity index (χ4n) is 2.05. The van der Waals surface area contributed by atoms with Crippen LogP contribution in [0.5, 0.6) is 11.5 Å². The summed E-state index contributed by atoms with van der Waals surface area (Å²) in [4.78, 5) is 0. The van der Waals surface area contributed by atoms with Crippen LogP contribution in [0.25, 0.3) is 0 Å². The third-order valence-corrected chi connectivity index (χ3v) is 3.77. The molecule has 0 bridgehead atoms. The molecule has 2 nitrogen and oxygen atoms in total. The van der Waals surface area contributed by atoms with E-state index in [1.165, 1.54) is 11.6 Å². The van der Waals surface area contributed by atoms with Crippen LogP contribution in [-0.4, -0.2) is 7.05 Å². The summed E-state index contributed by atoms with van der Waals surface area (Å²) in [6, 6.07) is 12.9. The monoisotopic (exact) mass is 337 g/mol.